The highest BCUT2D eigenvalue weighted by Crippen LogP contribution is 2.02. The Labute approximate surface area is 97.2 Å². The molecule has 0 heterocycles. The van der Waals surface area contributed by atoms with Crippen molar-refractivity contribution in [1.82, 2.24) is 5.32 Å². The lowest BCUT2D eigenvalue weighted by atomic mass is 10.2. The first-order valence-corrected chi connectivity index (χ1v) is 4.93. The fourth-order valence-electron chi connectivity index (χ4n) is 1.13. The number of benzene rings is 1. The number of amides is 1. The van der Waals surface area contributed by atoms with E-state index in [0.29, 0.717) is 0 Å². The van der Waals surface area contributed by atoms with E-state index in [1.165, 1.54) is 18.2 Å². The molecule has 0 spiro atoms. The molecule has 5 nitrogen and oxygen atoms in total. The van der Waals surface area contributed by atoms with Crippen LogP contribution in [0.25, 0.3) is 0 Å². The number of carbonyl (C=O) groups excluding carboxylic acids is 1. The summed E-state index contributed by atoms with van der Waals surface area (Å²) in [5.74, 6) is -1.98. The fraction of sp³-hybridized carbons (Fsp3) is 0.273. The minimum absolute atomic E-state index is 0.0906. The van der Waals surface area contributed by atoms with Crippen molar-refractivity contribution < 1.29 is 23.8 Å². The van der Waals surface area contributed by atoms with Gasteiger partial charge in [-0.1, -0.05) is 6.07 Å². The highest BCUT2D eigenvalue weighted by atomic mass is 19.1. The Morgan fingerprint density at radius 2 is 2.18 bits per heavy atom. The first-order valence-electron chi connectivity index (χ1n) is 4.93. The van der Waals surface area contributed by atoms with E-state index >= 15 is 0 Å². The van der Waals surface area contributed by atoms with E-state index in [2.05, 4.69) is 5.32 Å². The summed E-state index contributed by atoms with van der Waals surface area (Å²) >= 11 is 0. The van der Waals surface area contributed by atoms with Crippen LogP contribution < -0.4 is 5.32 Å². The van der Waals surface area contributed by atoms with E-state index < -0.39 is 24.3 Å². The molecule has 1 rings (SSSR count). The Kier molecular flexibility index (Phi) is 5.09. The Morgan fingerprint density at radius 1 is 1.41 bits per heavy atom. The van der Waals surface area contributed by atoms with Gasteiger partial charge >= 0.3 is 5.97 Å². The summed E-state index contributed by atoms with van der Waals surface area (Å²) in [6.45, 7) is -0.147. The minimum atomic E-state index is -1.07. The number of nitrogens with one attached hydrogen (secondary N) is 1. The van der Waals surface area contributed by atoms with Crippen LogP contribution in [-0.2, 0) is 9.53 Å². The van der Waals surface area contributed by atoms with Gasteiger partial charge in [0.25, 0.3) is 5.91 Å². The molecule has 0 aliphatic heterocycles. The largest absolute Gasteiger partial charge is 0.480 e. The maximum Gasteiger partial charge on any atom is 0.329 e. The molecular weight excluding hydrogens is 229 g/mol. The molecule has 92 valence electrons. The van der Waals surface area contributed by atoms with Crippen molar-refractivity contribution in [3.63, 3.8) is 0 Å². The maximum atomic E-state index is 12.8. The van der Waals surface area contributed by atoms with Crippen molar-refractivity contribution in [2.75, 3.05) is 19.8 Å². The molecule has 0 aliphatic carbocycles. The number of hydrogen-bond donors (Lipinski definition) is 2. The monoisotopic (exact) mass is 241 g/mol. The van der Waals surface area contributed by atoms with E-state index in [-0.39, 0.29) is 18.7 Å². The van der Waals surface area contributed by atoms with Crippen molar-refractivity contribution in [2.45, 2.75) is 0 Å². The molecule has 6 heteroatoms. The number of aliphatic carboxylic acids is 1. The zero-order valence-corrected chi connectivity index (χ0v) is 8.98. The zero-order valence-electron chi connectivity index (χ0n) is 8.98. The van der Waals surface area contributed by atoms with Gasteiger partial charge < -0.3 is 15.2 Å². The number of halogens is 1. The quantitative estimate of drug-likeness (QED) is 0.717. The van der Waals surface area contributed by atoms with Crippen molar-refractivity contribution in [3.8, 4) is 0 Å². The molecule has 1 aromatic rings. The molecule has 0 fully saturated rings. The average molecular weight is 241 g/mol. The number of ether oxygens (including phenoxy) is 1. The third kappa shape index (κ3) is 5.07. The van der Waals surface area contributed by atoms with Gasteiger partial charge in [-0.2, -0.15) is 0 Å². The number of carboxylic acids is 1. The summed E-state index contributed by atoms with van der Waals surface area (Å²) in [5.41, 5.74) is 0.211. The molecule has 0 atom stereocenters. The Balaban J connectivity index is 2.28. The number of carbonyl (C=O) groups is 2. The zero-order chi connectivity index (χ0) is 12.7. The highest BCUT2D eigenvalue weighted by molar-refractivity contribution is 5.94. The first kappa shape index (κ1) is 13.1. The van der Waals surface area contributed by atoms with Gasteiger partial charge in [0, 0.05) is 12.1 Å². The van der Waals surface area contributed by atoms with Crippen molar-refractivity contribution >= 4 is 11.9 Å². The van der Waals surface area contributed by atoms with Crippen molar-refractivity contribution in [1.29, 1.82) is 0 Å². The molecule has 0 bridgehead atoms. The van der Waals surface area contributed by atoms with E-state index in [9.17, 15) is 14.0 Å². The summed E-state index contributed by atoms with van der Waals surface area (Å²) in [6, 6.07) is 5.28. The molecular formula is C11H12FNO4. The lowest BCUT2D eigenvalue weighted by molar-refractivity contribution is -0.142. The molecule has 0 unspecified atom stereocenters. The molecule has 0 aromatic heterocycles. The number of rotatable bonds is 6. The van der Waals surface area contributed by atoms with Gasteiger partial charge in [0.1, 0.15) is 12.4 Å². The normalized spacial score (nSPS) is 9.94. The standard InChI is InChI=1S/C11H12FNO4/c12-9-3-1-2-8(6-9)11(16)13-4-5-17-7-10(14)15/h1-3,6H,4-5,7H2,(H,13,16)(H,14,15). The van der Waals surface area contributed by atoms with Gasteiger partial charge in [-0.15, -0.1) is 0 Å². The summed E-state index contributed by atoms with van der Waals surface area (Å²) in [5, 5.41) is 10.8. The summed E-state index contributed by atoms with van der Waals surface area (Å²) in [7, 11) is 0. The summed E-state index contributed by atoms with van der Waals surface area (Å²) in [6.07, 6.45) is 0. The van der Waals surface area contributed by atoms with Gasteiger partial charge in [0.05, 0.1) is 6.61 Å². The van der Waals surface area contributed by atoms with E-state index in [4.69, 9.17) is 9.84 Å². The lowest BCUT2D eigenvalue weighted by Crippen LogP contribution is -2.27. The van der Waals surface area contributed by atoms with Gasteiger partial charge in [0.15, 0.2) is 0 Å². The average Bonchev–Trinajstić information content (AvgIpc) is 2.28. The number of carboxylic acid groups (broad SMARTS) is 1. The topological polar surface area (TPSA) is 75.6 Å². The lowest BCUT2D eigenvalue weighted by Gasteiger charge is -2.05. The van der Waals surface area contributed by atoms with Gasteiger partial charge in [-0.3, -0.25) is 4.79 Å². The van der Waals surface area contributed by atoms with Crippen molar-refractivity contribution in [3.05, 3.63) is 35.6 Å². The van der Waals surface area contributed by atoms with E-state index in [1.807, 2.05) is 0 Å². The Hall–Kier alpha value is -1.95. The van der Waals surface area contributed by atoms with E-state index in [0.717, 1.165) is 6.07 Å². The molecule has 1 aromatic carbocycles. The smallest absolute Gasteiger partial charge is 0.329 e. The summed E-state index contributed by atoms with van der Waals surface area (Å²) in [4.78, 5) is 21.5. The second-order valence-corrected chi connectivity index (χ2v) is 3.21. The maximum absolute atomic E-state index is 12.8. The highest BCUT2D eigenvalue weighted by Gasteiger charge is 2.05. The Bertz CT molecular complexity index is 408. The molecule has 1 amide bonds. The SMILES string of the molecule is O=C(O)COCCNC(=O)c1cccc(F)c1. The van der Waals surface area contributed by atoms with Crippen LogP contribution in [0.1, 0.15) is 10.4 Å². The first-order chi connectivity index (χ1) is 8.09. The second-order valence-electron chi connectivity index (χ2n) is 3.21. The predicted octanol–water partition coefficient (Wildman–Crippen LogP) is 0.657. The Morgan fingerprint density at radius 3 is 2.82 bits per heavy atom. The van der Waals surface area contributed by atoms with Crippen LogP contribution in [0.15, 0.2) is 24.3 Å². The van der Waals surface area contributed by atoms with Gasteiger partial charge in [-0.05, 0) is 18.2 Å². The van der Waals surface area contributed by atoms with Gasteiger partial charge in [0.2, 0.25) is 0 Å². The fourth-order valence-corrected chi connectivity index (χ4v) is 1.13. The van der Waals surface area contributed by atoms with Crippen LogP contribution in [0.4, 0.5) is 4.39 Å². The molecule has 0 radical (unpaired) electrons. The van der Waals surface area contributed by atoms with E-state index in [1.54, 1.807) is 0 Å². The van der Waals surface area contributed by atoms with Crippen LogP contribution in [0.3, 0.4) is 0 Å². The molecule has 0 aliphatic rings. The van der Waals surface area contributed by atoms with Crippen molar-refractivity contribution in [2.24, 2.45) is 0 Å². The minimum Gasteiger partial charge on any atom is -0.480 e. The van der Waals surface area contributed by atoms with Gasteiger partial charge in [-0.25, -0.2) is 9.18 Å². The molecule has 0 saturated carbocycles. The third-order valence-corrected chi connectivity index (χ3v) is 1.84. The molecule has 2 N–H and O–H groups in total. The van der Waals surface area contributed by atoms with Crippen LogP contribution >= 0.6 is 0 Å². The van der Waals surface area contributed by atoms with Crippen LogP contribution in [0.5, 0.6) is 0 Å². The molecule has 0 saturated heterocycles. The summed E-state index contributed by atoms with van der Waals surface area (Å²) < 4.78 is 17.5. The second kappa shape index (κ2) is 6.59. The molecule has 17 heavy (non-hydrogen) atoms. The third-order valence-electron chi connectivity index (χ3n) is 1.84. The van der Waals surface area contributed by atoms with Crippen LogP contribution in [0, 0.1) is 5.82 Å². The van der Waals surface area contributed by atoms with Crippen LogP contribution in [-0.4, -0.2) is 36.7 Å². The van der Waals surface area contributed by atoms with Crippen LogP contribution in [0.2, 0.25) is 0 Å². The number of hydrogen-bond acceptors (Lipinski definition) is 3. The predicted molar refractivity (Wildman–Crippen MR) is 57.2 cm³/mol.